The SMILES string of the molecule is O=C(Nc1ccc(NCc2ccc(Cl)cc2)nn1)C1CCCCC1. The molecule has 0 saturated heterocycles. The van der Waals surface area contributed by atoms with E-state index in [2.05, 4.69) is 20.8 Å². The average Bonchev–Trinajstić information content (AvgIpc) is 2.63. The topological polar surface area (TPSA) is 66.9 Å². The maximum atomic E-state index is 12.2. The summed E-state index contributed by atoms with van der Waals surface area (Å²) in [6.45, 7) is 0.639. The number of benzene rings is 1. The number of anilines is 2. The molecule has 0 radical (unpaired) electrons. The van der Waals surface area contributed by atoms with Crippen LogP contribution in [0.25, 0.3) is 0 Å². The molecule has 24 heavy (non-hydrogen) atoms. The van der Waals surface area contributed by atoms with Gasteiger partial charge in [0, 0.05) is 17.5 Å². The molecule has 0 bridgehead atoms. The van der Waals surface area contributed by atoms with Crippen LogP contribution < -0.4 is 10.6 Å². The monoisotopic (exact) mass is 344 g/mol. The van der Waals surface area contributed by atoms with Crippen molar-refractivity contribution in [3.63, 3.8) is 0 Å². The van der Waals surface area contributed by atoms with Crippen LogP contribution in [0.3, 0.4) is 0 Å². The third-order valence-electron chi connectivity index (χ3n) is 4.28. The molecule has 1 aromatic heterocycles. The van der Waals surface area contributed by atoms with E-state index in [-0.39, 0.29) is 11.8 Å². The van der Waals surface area contributed by atoms with Gasteiger partial charge in [0.2, 0.25) is 5.91 Å². The Morgan fingerprint density at radius 3 is 2.33 bits per heavy atom. The van der Waals surface area contributed by atoms with E-state index < -0.39 is 0 Å². The van der Waals surface area contributed by atoms with Crippen LogP contribution in [-0.2, 0) is 11.3 Å². The van der Waals surface area contributed by atoms with E-state index in [0.717, 1.165) is 36.3 Å². The summed E-state index contributed by atoms with van der Waals surface area (Å²) >= 11 is 5.87. The summed E-state index contributed by atoms with van der Waals surface area (Å²) < 4.78 is 0. The molecule has 1 heterocycles. The van der Waals surface area contributed by atoms with Gasteiger partial charge in [0.05, 0.1) is 0 Å². The van der Waals surface area contributed by atoms with Crippen molar-refractivity contribution in [3.05, 3.63) is 47.0 Å². The molecule has 1 aromatic carbocycles. The van der Waals surface area contributed by atoms with Gasteiger partial charge in [-0.15, -0.1) is 10.2 Å². The predicted octanol–water partition coefficient (Wildman–Crippen LogP) is 4.26. The second-order valence-electron chi connectivity index (χ2n) is 6.11. The fourth-order valence-corrected chi connectivity index (χ4v) is 3.01. The third-order valence-corrected chi connectivity index (χ3v) is 4.53. The van der Waals surface area contributed by atoms with Crippen LogP contribution in [0.15, 0.2) is 36.4 Å². The quantitative estimate of drug-likeness (QED) is 0.850. The summed E-state index contributed by atoms with van der Waals surface area (Å²) in [4.78, 5) is 12.2. The van der Waals surface area contributed by atoms with Crippen LogP contribution in [0.2, 0.25) is 5.02 Å². The number of carbonyl (C=O) groups excluding carboxylic acids is 1. The zero-order chi connectivity index (χ0) is 16.8. The first-order valence-corrected chi connectivity index (χ1v) is 8.71. The first-order chi connectivity index (χ1) is 11.7. The van der Waals surface area contributed by atoms with Crippen LogP contribution in [0.5, 0.6) is 0 Å². The minimum absolute atomic E-state index is 0.0610. The summed E-state index contributed by atoms with van der Waals surface area (Å²) in [5, 5.41) is 15.0. The highest BCUT2D eigenvalue weighted by Gasteiger charge is 2.21. The Kier molecular flexibility index (Phi) is 5.64. The van der Waals surface area contributed by atoms with Gasteiger partial charge in [-0.25, -0.2) is 0 Å². The van der Waals surface area contributed by atoms with Crippen molar-refractivity contribution in [3.8, 4) is 0 Å². The Bertz CT molecular complexity index is 666. The number of nitrogens with zero attached hydrogens (tertiary/aromatic N) is 2. The lowest BCUT2D eigenvalue weighted by Crippen LogP contribution is -2.25. The maximum absolute atomic E-state index is 12.2. The van der Waals surface area contributed by atoms with Crippen molar-refractivity contribution in [2.75, 3.05) is 10.6 Å². The minimum Gasteiger partial charge on any atom is -0.365 e. The molecular weight excluding hydrogens is 324 g/mol. The van der Waals surface area contributed by atoms with Crippen LogP contribution in [0, 0.1) is 5.92 Å². The zero-order valence-electron chi connectivity index (χ0n) is 13.5. The Labute approximate surface area is 146 Å². The van der Waals surface area contributed by atoms with Crippen LogP contribution >= 0.6 is 11.6 Å². The first kappa shape index (κ1) is 16.7. The molecule has 0 unspecified atom stereocenters. The van der Waals surface area contributed by atoms with Gasteiger partial charge in [-0.2, -0.15) is 0 Å². The number of aromatic nitrogens is 2. The molecule has 2 aromatic rings. The molecule has 126 valence electrons. The van der Waals surface area contributed by atoms with Gasteiger partial charge in [-0.05, 0) is 42.7 Å². The van der Waals surface area contributed by atoms with E-state index in [1.807, 2.05) is 30.3 Å². The number of hydrogen-bond acceptors (Lipinski definition) is 4. The average molecular weight is 345 g/mol. The Morgan fingerprint density at radius 2 is 1.67 bits per heavy atom. The second-order valence-corrected chi connectivity index (χ2v) is 6.54. The lowest BCUT2D eigenvalue weighted by atomic mass is 9.89. The summed E-state index contributed by atoms with van der Waals surface area (Å²) in [6, 6.07) is 11.2. The molecule has 5 nitrogen and oxygen atoms in total. The molecule has 1 fully saturated rings. The van der Waals surface area contributed by atoms with Gasteiger partial charge in [0.1, 0.15) is 5.82 Å². The molecule has 3 rings (SSSR count). The summed E-state index contributed by atoms with van der Waals surface area (Å²) in [6.07, 6.45) is 5.45. The Hall–Kier alpha value is -2.14. The lowest BCUT2D eigenvalue weighted by molar-refractivity contribution is -0.120. The summed E-state index contributed by atoms with van der Waals surface area (Å²) in [5.74, 6) is 1.34. The number of nitrogens with one attached hydrogen (secondary N) is 2. The smallest absolute Gasteiger partial charge is 0.228 e. The van der Waals surface area contributed by atoms with Crippen LogP contribution in [0.1, 0.15) is 37.7 Å². The highest BCUT2D eigenvalue weighted by Crippen LogP contribution is 2.24. The van der Waals surface area contributed by atoms with Crippen molar-refractivity contribution in [1.29, 1.82) is 0 Å². The summed E-state index contributed by atoms with van der Waals surface area (Å²) in [7, 11) is 0. The van der Waals surface area contributed by atoms with Crippen LogP contribution in [-0.4, -0.2) is 16.1 Å². The van der Waals surface area contributed by atoms with Gasteiger partial charge in [0.15, 0.2) is 5.82 Å². The molecule has 0 aliphatic heterocycles. The van der Waals surface area contributed by atoms with E-state index in [0.29, 0.717) is 18.2 Å². The van der Waals surface area contributed by atoms with Gasteiger partial charge < -0.3 is 10.6 Å². The molecule has 1 aliphatic carbocycles. The number of rotatable bonds is 5. The fraction of sp³-hybridized carbons (Fsp3) is 0.389. The molecule has 1 aliphatic rings. The number of halogens is 1. The van der Waals surface area contributed by atoms with Crippen molar-refractivity contribution in [2.24, 2.45) is 5.92 Å². The number of carbonyl (C=O) groups is 1. The summed E-state index contributed by atoms with van der Waals surface area (Å²) in [5.41, 5.74) is 1.11. The molecular formula is C18H21ClN4O. The van der Waals surface area contributed by atoms with E-state index >= 15 is 0 Å². The molecule has 1 saturated carbocycles. The standard InChI is InChI=1S/C18H21ClN4O/c19-15-8-6-13(7-9-15)12-20-16-10-11-17(23-22-16)21-18(24)14-4-2-1-3-5-14/h6-11,14H,1-5,12H2,(H,20,22)(H,21,23,24). The van der Waals surface area contributed by atoms with E-state index in [9.17, 15) is 4.79 Å². The van der Waals surface area contributed by atoms with E-state index in [1.165, 1.54) is 6.42 Å². The van der Waals surface area contributed by atoms with E-state index in [1.54, 1.807) is 6.07 Å². The third kappa shape index (κ3) is 4.68. The number of hydrogen-bond donors (Lipinski definition) is 2. The van der Waals surface area contributed by atoms with Crippen molar-refractivity contribution in [2.45, 2.75) is 38.6 Å². The van der Waals surface area contributed by atoms with Gasteiger partial charge in [0.25, 0.3) is 0 Å². The Morgan fingerprint density at radius 1 is 1.00 bits per heavy atom. The Balaban J connectivity index is 1.51. The van der Waals surface area contributed by atoms with Crippen molar-refractivity contribution < 1.29 is 4.79 Å². The largest absolute Gasteiger partial charge is 0.365 e. The molecule has 1 amide bonds. The normalized spacial score (nSPS) is 15.0. The lowest BCUT2D eigenvalue weighted by Gasteiger charge is -2.20. The highest BCUT2D eigenvalue weighted by molar-refractivity contribution is 6.30. The van der Waals surface area contributed by atoms with Crippen molar-refractivity contribution >= 4 is 29.1 Å². The van der Waals surface area contributed by atoms with Gasteiger partial charge in [-0.3, -0.25) is 4.79 Å². The number of amides is 1. The maximum Gasteiger partial charge on any atom is 0.228 e. The fourth-order valence-electron chi connectivity index (χ4n) is 2.88. The first-order valence-electron chi connectivity index (χ1n) is 8.33. The molecule has 0 atom stereocenters. The van der Waals surface area contributed by atoms with Crippen molar-refractivity contribution in [1.82, 2.24) is 10.2 Å². The molecule has 0 spiro atoms. The van der Waals surface area contributed by atoms with Gasteiger partial charge >= 0.3 is 0 Å². The second kappa shape index (κ2) is 8.11. The molecule has 2 N–H and O–H groups in total. The molecule has 6 heteroatoms. The van der Waals surface area contributed by atoms with Crippen LogP contribution in [0.4, 0.5) is 11.6 Å². The van der Waals surface area contributed by atoms with Gasteiger partial charge in [-0.1, -0.05) is 43.0 Å². The predicted molar refractivity (Wildman–Crippen MR) is 96.0 cm³/mol. The highest BCUT2D eigenvalue weighted by atomic mass is 35.5. The van der Waals surface area contributed by atoms with E-state index in [4.69, 9.17) is 11.6 Å². The zero-order valence-corrected chi connectivity index (χ0v) is 14.2. The minimum atomic E-state index is 0.0610.